The van der Waals surface area contributed by atoms with E-state index in [1.807, 2.05) is 42.5 Å². The molecule has 0 atom stereocenters. The Hall–Kier alpha value is -4.27. The van der Waals surface area contributed by atoms with Crippen molar-refractivity contribution in [3.05, 3.63) is 66.0 Å². The molecule has 0 bridgehead atoms. The largest absolute Gasteiger partial charge is 0.354 e. The Morgan fingerprint density at radius 1 is 0.788 bits per heavy atom. The quantitative estimate of drug-likeness (QED) is 0.390. The van der Waals surface area contributed by atoms with Crippen molar-refractivity contribution in [3.63, 3.8) is 0 Å². The summed E-state index contributed by atoms with van der Waals surface area (Å²) in [7, 11) is 1.58. The topological polar surface area (TPSA) is 113 Å². The maximum atomic E-state index is 12.9. The van der Waals surface area contributed by atoms with Crippen LogP contribution < -0.4 is 10.6 Å². The fourth-order valence-electron chi connectivity index (χ4n) is 4.14. The van der Waals surface area contributed by atoms with E-state index in [1.54, 1.807) is 29.0 Å². The molecule has 4 aromatic rings. The molecular formula is C24H24N6O3. The monoisotopic (exact) mass is 444 g/mol. The number of carbonyl (C=O) groups is 3. The van der Waals surface area contributed by atoms with E-state index in [2.05, 4.69) is 20.6 Å². The van der Waals surface area contributed by atoms with Gasteiger partial charge in [-0.25, -0.2) is 4.79 Å². The van der Waals surface area contributed by atoms with Gasteiger partial charge < -0.3 is 30.4 Å². The molecule has 4 amide bonds. The lowest BCUT2D eigenvalue weighted by atomic mass is 10.2. The number of carbonyl (C=O) groups excluding carboxylic acids is 3. The summed E-state index contributed by atoms with van der Waals surface area (Å²) in [6.07, 6.45) is 0. The maximum Gasteiger partial charge on any atom is 0.321 e. The molecule has 0 aliphatic carbocycles. The van der Waals surface area contributed by atoms with Crippen LogP contribution in [-0.2, 0) is 0 Å². The number of hydrogen-bond acceptors (Lipinski definition) is 3. The third kappa shape index (κ3) is 4.00. The number of para-hydroxylation sites is 1. The number of fused-ring (bicyclic) bond motifs is 2. The minimum absolute atomic E-state index is 0.0592. The highest BCUT2D eigenvalue weighted by Gasteiger charge is 2.26. The minimum atomic E-state index is -0.214. The van der Waals surface area contributed by atoms with E-state index in [0.29, 0.717) is 43.3 Å². The van der Waals surface area contributed by atoms with E-state index in [0.717, 1.165) is 21.8 Å². The first-order chi connectivity index (χ1) is 16.0. The van der Waals surface area contributed by atoms with Crippen molar-refractivity contribution >= 4 is 45.3 Å². The Kier molecular flexibility index (Phi) is 5.21. The van der Waals surface area contributed by atoms with Gasteiger partial charge in [-0.15, -0.1) is 0 Å². The zero-order valence-corrected chi connectivity index (χ0v) is 18.1. The van der Waals surface area contributed by atoms with Gasteiger partial charge in [0.2, 0.25) is 0 Å². The van der Waals surface area contributed by atoms with Gasteiger partial charge >= 0.3 is 6.03 Å². The maximum absolute atomic E-state index is 12.9. The second-order valence-electron chi connectivity index (χ2n) is 8.04. The summed E-state index contributed by atoms with van der Waals surface area (Å²) < 4.78 is 0. The lowest BCUT2D eigenvalue weighted by Gasteiger charge is -2.34. The Morgan fingerprint density at radius 2 is 1.45 bits per heavy atom. The van der Waals surface area contributed by atoms with Crippen LogP contribution in [-0.4, -0.2) is 70.8 Å². The zero-order valence-electron chi connectivity index (χ0n) is 18.1. The second-order valence-corrected chi connectivity index (χ2v) is 8.04. The van der Waals surface area contributed by atoms with Crippen LogP contribution in [0.15, 0.2) is 54.6 Å². The van der Waals surface area contributed by atoms with Crippen molar-refractivity contribution in [1.29, 1.82) is 0 Å². The molecule has 4 N–H and O–H groups in total. The van der Waals surface area contributed by atoms with Gasteiger partial charge in [0, 0.05) is 60.7 Å². The number of nitrogens with zero attached hydrogens (tertiary/aromatic N) is 2. The van der Waals surface area contributed by atoms with Gasteiger partial charge in [-0.05, 0) is 36.4 Å². The number of benzene rings is 2. The molecule has 3 heterocycles. The van der Waals surface area contributed by atoms with Crippen LogP contribution >= 0.6 is 0 Å². The molecule has 0 saturated carbocycles. The fraction of sp³-hybridized carbons (Fsp3) is 0.208. The molecular weight excluding hydrogens is 420 g/mol. The van der Waals surface area contributed by atoms with Gasteiger partial charge in [0.15, 0.2) is 0 Å². The number of aromatic amines is 2. The summed E-state index contributed by atoms with van der Waals surface area (Å²) in [4.78, 5) is 47.1. The van der Waals surface area contributed by atoms with Crippen LogP contribution in [0.2, 0.25) is 0 Å². The Bertz CT molecular complexity index is 1330. The Morgan fingerprint density at radius 3 is 2.21 bits per heavy atom. The van der Waals surface area contributed by atoms with E-state index in [9.17, 15) is 14.4 Å². The van der Waals surface area contributed by atoms with Gasteiger partial charge in [-0.1, -0.05) is 18.2 Å². The first-order valence-electron chi connectivity index (χ1n) is 10.8. The summed E-state index contributed by atoms with van der Waals surface area (Å²) in [6.45, 7) is 1.83. The van der Waals surface area contributed by atoms with Gasteiger partial charge in [-0.2, -0.15) is 0 Å². The Balaban J connectivity index is 1.20. The summed E-state index contributed by atoms with van der Waals surface area (Å²) in [5, 5.41) is 7.33. The molecule has 0 spiro atoms. The van der Waals surface area contributed by atoms with Crippen molar-refractivity contribution in [1.82, 2.24) is 25.1 Å². The van der Waals surface area contributed by atoms with Crippen LogP contribution in [0.1, 0.15) is 21.0 Å². The van der Waals surface area contributed by atoms with Crippen LogP contribution in [0.25, 0.3) is 21.8 Å². The molecule has 1 aliphatic heterocycles. The average Bonchev–Trinajstić information content (AvgIpc) is 3.47. The van der Waals surface area contributed by atoms with E-state index in [4.69, 9.17) is 0 Å². The number of aromatic nitrogens is 2. The minimum Gasteiger partial charge on any atom is -0.354 e. The number of piperazine rings is 1. The third-order valence-electron chi connectivity index (χ3n) is 5.96. The van der Waals surface area contributed by atoms with Gasteiger partial charge in [0.05, 0.1) is 0 Å². The molecule has 1 aliphatic rings. The highest BCUT2D eigenvalue weighted by Crippen LogP contribution is 2.21. The van der Waals surface area contributed by atoms with Crippen LogP contribution in [0.5, 0.6) is 0 Å². The lowest BCUT2D eigenvalue weighted by molar-refractivity contribution is 0.0666. The number of urea groups is 1. The first-order valence-corrected chi connectivity index (χ1v) is 10.8. The summed E-state index contributed by atoms with van der Waals surface area (Å²) in [6, 6.07) is 16.6. The normalized spacial score (nSPS) is 14.0. The van der Waals surface area contributed by atoms with E-state index in [1.165, 1.54) is 0 Å². The van der Waals surface area contributed by atoms with Crippen LogP contribution in [0.4, 0.5) is 10.5 Å². The SMILES string of the molecule is CNC(=O)c1cc2cc(NC(=O)N3CCN(C(=O)c4cc5ccccc5[nH]4)CC3)ccc2[nH]1. The van der Waals surface area contributed by atoms with E-state index >= 15 is 0 Å². The fourth-order valence-corrected chi connectivity index (χ4v) is 4.14. The highest BCUT2D eigenvalue weighted by atomic mass is 16.2. The summed E-state index contributed by atoms with van der Waals surface area (Å²) >= 11 is 0. The molecule has 1 saturated heterocycles. The summed E-state index contributed by atoms with van der Waals surface area (Å²) in [5.74, 6) is -0.257. The average molecular weight is 444 g/mol. The molecule has 2 aromatic heterocycles. The third-order valence-corrected chi connectivity index (χ3v) is 5.96. The number of H-pyrrole nitrogens is 2. The smallest absolute Gasteiger partial charge is 0.321 e. The molecule has 2 aromatic carbocycles. The molecule has 9 heteroatoms. The highest BCUT2D eigenvalue weighted by molar-refractivity contribution is 6.00. The number of rotatable bonds is 3. The van der Waals surface area contributed by atoms with Crippen molar-refractivity contribution in [3.8, 4) is 0 Å². The van der Waals surface area contributed by atoms with Crippen molar-refractivity contribution < 1.29 is 14.4 Å². The summed E-state index contributed by atoms with van der Waals surface area (Å²) in [5.41, 5.74) is 3.42. The number of amides is 4. The van der Waals surface area contributed by atoms with Gasteiger partial charge in [0.25, 0.3) is 11.8 Å². The van der Waals surface area contributed by atoms with Gasteiger partial charge in [0.1, 0.15) is 11.4 Å². The zero-order chi connectivity index (χ0) is 22.9. The number of hydrogen-bond donors (Lipinski definition) is 4. The molecule has 1 fully saturated rings. The standard InChI is InChI=1S/C24H24N6O3/c1-25-22(31)20-14-16-12-17(6-7-19(16)27-20)26-24(33)30-10-8-29(9-11-30)23(32)21-13-15-4-2-3-5-18(15)28-21/h2-7,12-14,27-28H,8-11H2,1H3,(H,25,31)(H,26,33). The molecule has 0 radical (unpaired) electrons. The van der Waals surface area contributed by atoms with Gasteiger partial charge in [-0.3, -0.25) is 9.59 Å². The van der Waals surface area contributed by atoms with E-state index < -0.39 is 0 Å². The van der Waals surface area contributed by atoms with Crippen molar-refractivity contribution in [2.24, 2.45) is 0 Å². The lowest BCUT2D eigenvalue weighted by Crippen LogP contribution is -2.51. The predicted octanol–water partition coefficient (Wildman–Crippen LogP) is 3.00. The molecule has 5 rings (SSSR count). The van der Waals surface area contributed by atoms with Crippen LogP contribution in [0.3, 0.4) is 0 Å². The van der Waals surface area contributed by atoms with Crippen molar-refractivity contribution in [2.75, 3.05) is 38.5 Å². The Labute approximate surface area is 189 Å². The molecule has 168 valence electrons. The number of anilines is 1. The predicted molar refractivity (Wildman–Crippen MR) is 126 cm³/mol. The molecule has 0 unspecified atom stereocenters. The first kappa shape index (κ1) is 20.6. The molecule has 9 nitrogen and oxygen atoms in total. The number of nitrogens with one attached hydrogen (secondary N) is 4. The van der Waals surface area contributed by atoms with Crippen LogP contribution in [0, 0.1) is 0 Å². The van der Waals surface area contributed by atoms with Crippen molar-refractivity contribution in [2.45, 2.75) is 0 Å². The second kappa shape index (κ2) is 8.34. The molecule has 33 heavy (non-hydrogen) atoms. The van der Waals surface area contributed by atoms with E-state index in [-0.39, 0.29) is 17.8 Å².